The Kier molecular flexibility index (Phi) is 5.36. The first-order chi connectivity index (χ1) is 11.0. The van der Waals surface area contributed by atoms with Gasteiger partial charge < -0.3 is 14.9 Å². The molecular formula is C18H18O5. The van der Waals surface area contributed by atoms with Gasteiger partial charge in [0.1, 0.15) is 11.5 Å². The number of benzene rings is 2. The molecule has 0 aliphatic rings. The normalized spacial score (nSPS) is 10.3. The Morgan fingerprint density at radius 2 is 1.52 bits per heavy atom. The van der Waals surface area contributed by atoms with E-state index >= 15 is 0 Å². The summed E-state index contributed by atoms with van der Waals surface area (Å²) in [5.74, 6) is -1.73. The number of rotatable bonds is 7. The lowest BCUT2D eigenvalue weighted by Crippen LogP contribution is -2.07. The van der Waals surface area contributed by atoms with Gasteiger partial charge in [0.05, 0.1) is 11.1 Å². The SMILES string of the molecule is CCCCc1ccc(Oc2ccc(C(=O)O)c(C(=O)O)c2)cc1. The number of unbranched alkanes of at least 4 members (excludes halogenated alkanes) is 1. The van der Waals surface area contributed by atoms with Gasteiger partial charge in [-0.1, -0.05) is 25.5 Å². The zero-order chi connectivity index (χ0) is 16.8. The first-order valence-electron chi connectivity index (χ1n) is 7.38. The van der Waals surface area contributed by atoms with Crippen LogP contribution in [0.2, 0.25) is 0 Å². The Morgan fingerprint density at radius 3 is 2.09 bits per heavy atom. The fourth-order valence-electron chi connectivity index (χ4n) is 2.19. The van der Waals surface area contributed by atoms with Gasteiger partial charge in [0.15, 0.2) is 0 Å². The number of hydrogen-bond donors (Lipinski definition) is 2. The number of hydrogen-bond acceptors (Lipinski definition) is 3. The first kappa shape index (κ1) is 16.5. The summed E-state index contributed by atoms with van der Waals surface area (Å²) < 4.78 is 5.61. The maximum Gasteiger partial charge on any atom is 0.336 e. The molecule has 2 aromatic carbocycles. The average Bonchev–Trinajstić information content (AvgIpc) is 2.54. The van der Waals surface area contributed by atoms with E-state index in [1.54, 1.807) is 0 Å². The second kappa shape index (κ2) is 7.45. The summed E-state index contributed by atoms with van der Waals surface area (Å²) in [6, 6.07) is 11.5. The summed E-state index contributed by atoms with van der Waals surface area (Å²) in [6.45, 7) is 2.14. The Hall–Kier alpha value is -2.82. The highest BCUT2D eigenvalue weighted by molar-refractivity contribution is 6.02. The minimum Gasteiger partial charge on any atom is -0.478 e. The lowest BCUT2D eigenvalue weighted by molar-refractivity contribution is 0.0651. The molecule has 0 atom stereocenters. The zero-order valence-corrected chi connectivity index (χ0v) is 12.8. The first-order valence-corrected chi connectivity index (χ1v) is 7.38. The van der Waals surface area contributed by atoms with Crippen LogP contribution in [-0.2, 0) is 6.42 Å². The number of carboxylic acid groups (broad SMARTS) is 2. The van der Waals surface area contributed by atoms with Crippen LogP contribution in [0.15, 0.2) is 42.5 Å². The third-order valence-corrected chi connectivity index (χ3v) is 3.43. The van der Waals surface area contributed by atoms with Gasteiger partial charge >= 0.3 is 11.9 Å². The maximum atomic E-state index is 11.2. The molecule has 0 spiro atoms. The maximum absolute atomic E-state index is 11.2. The smallest absolute Gasteiger partial charge is 0.336 e. The molecule has 0 aromatic heterocycles. The number of aryl methyl sites for hydroxylation is 1. The molecule has 0 saturated carbocycles. The van der Waals surface area contributed by atoms with E-state index in [0.717, 1.165) is 19.3 Å². The van der Waals surface area contributed by atoms with Gasteiger partial charge in [-0.25, -0.2) is 9.59 Å². The molecular weight excluding hydrogens is 296 g/mol. The Labute approximate surface area is 134 Å². The van der Waals surface area contributed by atoms with Crippen LogP contribution in [0.4, 0.5) is 0 Å². The van der Waals surface area contributed by atoms with Gasteiger partial charge in [-0.15, -0.1) is 0 Å². The molecule has 0 fully saturated rings. The van der Waals surface area contributed by atoms with E-state index in [0.29, 0.717) is 5.75 Å². The summed E-state index contributed by atoms with van der Waals surface area (Å²) in [6.07, 6.45) is 3.26. The number of carbonyl (C=O) groups is 2. The van der Waals surface area contributed by atoms with Crippen molar-refractivity contribution in [2.24, 2.45) is 0 Å². The van der Waals surface area contributed by atoms with Crippen LogP contribution in [0.3, 0.4) is 0 Å². The molecule has 0 heterocycles. The fourth-order valence-corrected chi connectivity index (χ4v) is 2.19. The van der Waals surface area contributed by atoms with Gasteiger partial charge in [0.25, 0.3) is 0 Å². The Bertz CT molecular complexity index is 704. The van der Waals surface area contributed by atoms with Crippen molar-refractivity contribution in [1.29, 1.82) is 0 Å². The third kappa shape index (κ3) is 4.32. The molecule has 0 unspecified atom stereocenters. The largest absolute Gasteiger partial charge is 0.478 e. The zero-order valence-electron chi connectivity index (χ0n) is 12.8. The summed E-state index contributed by atoms with van der Waals surface area (Å²) in [5, 5.41) is 18.1. The summed E-state index contributed by atoms with van der Waals surface area (Å²) in [7, 11) is 0. The topological polar surface area (TPSA) is 83.8 Å². The van der Waals surface area contributed by atoms with Crippen LogP contribution in [0.25, 0.3) is 0 Å². The van der Waals surface area contributed by atoms with E-state index in [4.69, 9.17) is 14.9 Å². The number of ether oxygens (including phenoxy) is 1. The van der Waals surface area contributed by atoms with E-state index in [1.807, 2.05) is 24.3 Å². The van der Waals surface area contributed by atoms with Crippen LogP contribution in [0.1, 0.15) is 46.0 Å². The molecule has 2 N–H and O–H groups in total. The van der Waals surface area contributed by atoms with Crippen LogP contribution >= 0.6 is 0 Å². The fraction of sp³-hybridized carbons (Fsp3) is 0.222. The van der Waals surface area contributed by atoms with Crippen molar-refractivity contribution in [2.75, 3.05) is 0 Å². The lowest BCUT2D eigenvalue weighted by Gasteiger charge is -2.09. The van der Waals surface area contributed by atoms with E-state index in [2.05, 4.69) is 6.92 Å². The molecule has 0 bridgehead atoms. The predicted molar refractivity (Wildman–Crippen MR) is 85.5 cm³/mol. The predicted octanol–water partition coefficient (Wildman–Crippen LogP) is 4.22. The molecule has 5 heteroatoms. The summed E-state index contributed by atoms with van der Waals surface area (Å²) in [5.41, 5.74) is 0.654. The molecule has 0 radical (unpaired) electrons. The van der Waals surface area contributed by atoms with Crippen molar-refractivity contribution >= 4 is 11.9 Å². The quantitative estimate of drug-likeness (QED) is 0.799. The minimum atomic E-state index is -1.30. The summed E-state index contributed by atoms with van der Waals surface area (Å²) >= 11 is 0. The van der Waals surface area contributed by atoms with Gasteiger partial charge in [-0.3, -0.25) is 0 Å². The molecule has 2 rings (SSSR count). The highest BCUT2D eigenvalue weighted by Crippen LogP contribution is 2.25. The molecule has 5 nitrogen and oxygen atoms in total. The Balaban J connectivity index is 2.18. The monoisotopic (exact) mass is 314 g/mol. The van der Waals surface area contributed by atoms with Crippen LogP contribution in [0.5, 0.6) is 11.5 Å². The van der Waals surface area contributed by atoms with Crippen molar-refractivity contribution < 1.29 is 24.5 Å². The molecule has 0 aliphatic heterocycles. The molecule has 120 valence electrons. The van der Waals surface area contributed by atoms with Crippen molar-refractivity contribution in [1.82, 2.24) is 0 Å². The molecule has 0 amide bonds. The third-order valence-electron chi connectivity index (χ3n) is 3.43. The molecule has 2 aromatic rings. The van der Waals surface area contributed by atoms with Crippen LogP contribution in [0, 0.1) is 0 Å². The average molecular weight is 314 g/mol. The van der Waals surface area contributed by atoms with E-state index in [9.17, 15) is 9.59 Å². The van der Waals surface area contributed by atoms with Crippen LogP contribution in [-0.4, -0.2) is 22.2 Å². The Morgan fingerprint density at radius 1 is 0.913 bits per heavy atom. The second-order valence-corrected chi connectivity index (χ2v) is 5.17. The van der Waals surface area contributed by atoms with Crippen molar-refractivity contribution in [3.05, 3.63) is 59.2 Å². The second-order valence-electron chi connectivity index (χ2n) is 5.17. The van der Waals surface area contributed by atoms with Crippen molar-refractivity contribution in [3.63, 3.8) is 0 Å². The van der Waals surface area contributed by atoms with Gasteiger partial charge in [-0.2, -0.15) is 0 Å². The van der Waals surface area contributed by atoms with E-state index in [1.165, 1.54) is 23.8 Å². The highest BCUT2D eigenvalue weighted by atomic mass is 16.5. The lowest BCUT2D eigenvalue weighted by atomic mass is 10.1. The minimum absolute atomic E-state index is 0.264. The molecule has 0 aliphatic carbocycles. The van der Waals surface area contributed by atoms with Crippen molar-refractivity contribution in [2.45, 2.75) is 26.2 Å². The number of aromatic carboxylic acids is 2. The van der Waals surface area contributed by atoms with E-state index in [-0.39, 0.29) is 16.9 Å². The summed E-state index contributed by atoms with van der Waals surface area (Å²) in [4.78, 5) is 22.2. The standard InChI is InChI=1S/C18H18O5/c1-2-3-4-12-5-7-13(8-6-12)23-14-9-10-15(17(19)20)16(11-14)18(21)22/h5-11H,2-4H2,1H3,(H,19,20)(H,21,22). The van der Waals surface area contributed by atoms with Crippen molar-refractivity contribution in [3.8, 4) is 11.5 Å². The number of carboxylic acids is 2. The van der Waals surface area contributed by atoms with Gasteiger partial charge in [-0.05, 0) is 48.7 Å². The van der Waals surface area contributed by atoms with Gasteiger partial charge in [0.2, 0.25) is 0 Å². The van der Waals surface area contributed by atoms with Crippen LogP contribution < -0.4 is 4.74 Å². The molecule has 23 heavy (non-hydrogen) atoms. The van der Waals surface area contributed by atoms with Gasteiger partial charge in [0, 0.05) is 0 Å². The highest BCUT2D eigenvalue weighted by Gasteiger charge is 2.17. The molecule has 0 saturated heterocycles. The van der Waals surface area contributed by atoms with E-state index < -0.39 is 11.9 Å².